The molecule has 15 heavy (non-hydrogen) atoms. The zero-order chi connectivity index (χ0) is 11.0. The topological polar surface area (TPSA) is 65.0 Å². The molecule has 0 amide bonds. The Balaban J connectivity index is 2.59. The summed E-state index contributed by atoms with van der Waals surface area (Å²) in [6.45, 7) is 0.0277. The highest BCUT2D eigenvalue weighted by atomic mass is 79.9. The number of aromatic hydroxyl groups is 1. The number of hydrogen-bond donors (Lipinski definition) is 1. The van der Waals surface area contributed by atoms with Gasteiger partial charge in [-0.05, 0) is 15.9 Å². The van der Waals surface area contributed by atoms with Gasteiger partial charge in [-0.2, -0.15) is 0 Å². The van der Waals surface area contributed by atoms with Gasteiger partial charge >= 0.3 is 5.97 Å². The molecule has 1 aliphatic rings. The minimum atomic E-state index is -0.560. The Morgan fingerprint density at radius 3 is 3.00 bits per heavy atom. The average molecular weight is 275 g/mol. The molecule has 1 heterocycles. The van der Waals surface area contributed by atoms with Crippen molar-refractivity contribution in [3.8, 4) is 17.2 Å². The molecule has 6 heteroatoms. The molecule has 0 unspecified atom stereocenters. The van der Waals surface area contributed by atoms with Crippen LogP contribution in [0.4, 0.5) is 0 Å². The lowest BCUT2D eigenvalue weighted by atomic mass is 10.2. The van der Waals surface area contributed by atoms with Gasteiger partial charge in [0.2, 0.25) is 12.5 Å². The highest BCUT2D eigenvalue weighted by Crippen LogP contribution is 2.46. The van der Waals surface area contributed by atoms with Crippen LogP contribution in [0, 0.1) is 0 Å². The van der Waals surface area contributed by atoms with Crippen LogP contribution in [0.15, 0.2) is 10.5 Å². The fourth-order valence-corrected chi connectivity index (χ4v) is 1.72. The lowest BCUT2D eigenvalue weighted by molar-refractivity contribution is 0.0598. The van der Waals surface area contributed by atoms with E-state index in [0.717, 1.165) is 0 Å². The van der Waals surface area contributed by atoms with E-state index in [1.807, 2.05) is 0 Å². The van der Waals surface area contributed by atoms with Crippen molar-refractivity contribution in [3.63, 3.8) is 0 Å². The van der Waals surface area contributed by atoms with Crippen molar-refractivity contribution in [2.45, 2.75) is 0 Å². The SMILES string of the molecule is COC(=O)c1cc2c(c(O)c1Br)OCO2. The number of benzene rings is 1. The summed E-state index contributed by atoms with van der Waals surface area (Å²) in [4.78, 5) is 11.3. The fraction of sp³-hybridized carbons (Fsp3) is 0.222. The summed E-state index contributed by atoms with van der Waals surface area (Å²) in [6, 6.07) is 1.46. The predicted molar refractivity (Wildman–Crippen MR) is 53.3 cm³/mol. The highest BCUT2D eigenvalue weighted by molar-refractivity contribution is 9.10. The molecule has 0 saturated heterocycles. The van der Waals surface area contributed by atoms with E-state index in [9.17, 15) is 9.90 Å². The molecule has 1 aliphatic heterocycles. The maximum absolute atomic E-state index is 11.3. The van der Waals surface area contributed by atoms with Gasteiger partial charge in [-0.1, -0.05) is 0 Å². The Morgan fingerprint density at radius 2 is 2.33 bits per heavy atom. The molecule has 5 nitrogen and oxygen atoms in total. The van der Waals surface area contributed by atoms with Gasteiger partial charge in [0.1, 0.15) is 0 Å². The maximum Gasteiger partial charge on any atom is 0.339 e. The summed E-state index contributed by atoms with van der Waals surface area (Å²) in [5, 5.41) is 9.68. The minimum Gasteiger partial charge on any atom is -0.503 e. The Morgan fingerprint density at radius 1 is 1.60 bits per heavy atom. The Labute approximate surface area is 93.7 Å². The van der Waals surface area contributed by atoms with Crippen molar-refractivity contribution in [2.24, 2.45) is 0 Å². The third-order valence-corrected chi connectivity index (χ3v) is 2.78. The van der Waals surface area contributed by atoms with Crippen molar-refractivity contribution in [1.29, 1.82) is 0 Å². The summed E-state index contributed by atoms with van der Waals surface area (Å²) in [5.41, 5.74) is 0.194. The molecular formula is C9H7BrO5. The quantitative estimate of drug-likeness (QED) is 0.790. The lowest BCUT2D eigenvalue weighted by Crippen LogP contribution is -2.02. The predicted octanol–water partition coefficient (Wildman–Crippen LogP) is 1.67. The van der Waals surface area contributed by atoms with Crippen LogP contribution in [0.5, 0.6) is 17.2 Å². The molecule has 1 N–H and O–H groups in total. The maximum atomic E-state index is 11.3. The van der Waals surface area contributed by atoms with Crippen LogP contribution >= 0.6 is 15.9 Å². The minimum absolute atomic E-state index is 0.0277. The molecule has 0 aliphatic carbocycles. The van der Waals surface area contributed by atoms with Gasteiger partial charge in [-0.25, -0.2) is 4.79 Å². The van der Waals surface area contributed by atoms with Crippen LogP contribution in [0.25, 0.3) is 0 Å². The summed E-state index contributed by atoms with van der Waals surface area (Å²) in [5.74, 6) is -0.161. The monoisotopic (exact) mass is 274 g/mol. The summed E-state index contributed by atoms with van der Waals surface area (Å²) >= 11 is 3.09. The number of carbonyl (C=O) groups excluding carboxylic acids is 1. The van der Waals surface area contributed by atoms with Crippen molar-refractivity contribution in [2.75, 3.05) is 13.9 Å². The molecule has 0 aromatic heterocycles. The molecule has 0 radical (unpaired) electrons. The molecule has 2 rings (SSSR count). The standard InChI is InChI=1S/C9H7BrO5/c1-13-9(12)4-2-5-8(15-3-14-5)7(11)6(4)10/h2,11H,3H2,1H3. The van der Waals surface area contributed by atoms with E-state index in [0.29, 0.717) is 5.75 Å². The van der Waals surface area contributed by atoms with Crippen LogP contribution < -0.4 is 9.47 Å². The number of esters is 1. The van der Waals surface area contributed by atoms with E-state index in [1.165, 1.54) is 13.2 Å². The first-order valence-corrected chi connectivity index (χ1v) is 4.84. The second kappa shape index (κ2) is 3.62. The van der Waals surface area contributed by atoms with Crippen molar-refractivity contribution in [3.05, 3.63) is 16.1 Å². The second-order valence-corrected chi connectivity index (χ2v) is 3.61. The lowest BCUT2D eigenvalue weighted by Gasteiger charge is -2.06. The molecule has 1 aromatic carbocycles. The number of phenolic OH excluding ortho intramolecular Hbond substituents is 1. The smallest absolute Gasteiger partial charge is 0.339 e. The highest BCUT2D eigenvalue weighted by Gasteiger charge is 2.25. The number of hydrogen-bond acceptors (Lipinski definition) is 5. The number of fused-ring (bicyclic) bond motifs is 1. The van der Waals surface area contributed by atoms with Gasteiger partial charge in [0, 0.05) is 6.07 Å². The fourth-order valence-electron chi connectivity index (χ4n) is 1.26. The number of ether oxygens (including phenoxy) is 3. The van der Waals surface area contributed by atoms with Gasteiger partial charge in [0.05, 0.1) is 17.1 Å². The largest absolute Gasteiger partial charge is 0.503 e. The first-order chi connectivity index (χ1) is 7.15. The molecule has 80 valence electrons. The number of carbonyl (C=O) groups is 1. The zero-order valence-electron chi connectivity index (χ0n) is 7.74. The summed E-state index contributed by atoms with van der Waals surface area (Å²) in [7, 11) is 1.26. The van der Waals surface area contributed by atoms with Crippen molar-refractivity contribution in [1.82, 2.24) is 0 Å². The number of rotatable bonds is 1. The van der Waals surface area contributed by atoms with Gasteiger partial charge in [0.25, 0.3) is 0 Å². The molecule has 0 fully saturated rings. The van der Waals surface area contributed by atoms with E-state index in [4.69, 9.17) is 9.47 Å². The number of methoxy groups -OCH3 is 1. The van der Waals surface area contributed by atoms with Gasteiger partial charge in [-0.3, -0.25) is 0 Å². The van der Waals surface area contributed by atoms with E-state index in [1.54, 1.807) is 0 Å². The first-order valence-electron chi connectivity index (χ1n) is 4.04. The molecule has 0 atom stereocenters. The van der Waals surface area contributed by atoms with Crippen molar-refractivity contribution >= 4 is 21.9 Å². The Kier molecular flexibility index (Phi) is 2.44. The van der Waals surface area contributed by atoms with Gasteiger partial charge in [0.15, 0.2) is 11.5 Å². The van der Waals surface area contributed by atoms with E-state index in [2.05, 4.69) is 20.7 Å². The third kappa shape index (κ3) is 1.50. The number of phenols is 1. The zero-order valence-corrected chi connectivity index (χ0v) is 9.33. The molecule has 0 saturated carbocycles. The summed E-state index contributed by atoms with van der Waals surface area (Å²) in [6.07, 6.45) is 0. The Bertz CT molecular complexity index is 429. The summed E-state index contributed by atoms with van der Waals surface area (Å²) < 4.78 is 14.9. The Hall–Kier alpha value is -1.43. The normalized spacial score (nSPS) is 12.7. The molecular weight excluding hydrogens is 268 g/mol. The van der Waals surface area contributed by atoms with E-state index in [-0.39, 0.29) is 28.3 Å². The van der Waals surface area contributed by atoms with Crippen molar-refractivity contribution < 1.29 is 24.1 Å². The molecule has 1 aromatic rings. The average Bonchev–Trinajstić information content (AvgIpc) is 2.70. The van der Waals surface area contributed by atoms with Crippen LogP contribution in [0.3, 0.4) is 0 Å². The number of halogens is 1. The third-order valence-electron chi connectivity index (χ3n) is 1.98. The molecule has 0 bridgehead atoms. The van der Waals surface area contributed by atoms with Crippen LogP contribution in [-0.4, -0.2) is 25.0 Å². The van der Waals surface area contributed by atoms with Gasteiger partial charge in [-0.15, -0.1) is 0 Å². The molecule has 0 spiro atoms. The second-order valence-electron chi connectivity index (χ2n) is 2.81. The van der Waals surface area contributed by atoms with E-state index < -0.39 is 5.97 Å². The van der Waals surface area contributed by atoms with E-state index >= 15 is 0 Å². The van der Waals surface area contributed by atoms with Crippen LogP contribution in [0.2, 0.25) is 0 Å². The van der Waals surface area contributed by atoms with Gasteiger partial charge < -0.3 is 19.3 Å². The van der Waals surface area contributed by atoms with Crippen LogP contribution in [0.1, 0.15) is 10.4 Å². The first kappa shape index (κ1) is 10.1. The van der Waals surface area contributed by atoms with Crippen LogP contribution in [-0.2, 0) is 4.74 Å².